The zero-order valence-electron chi connectivity index (χ0n) is 8.82. The van der Waals surface area contributed by atoms with Crippen LogP contribution in [0.4, 0.5) is 0 Å². The summed E-state index contributed by atoms with van der Waals surface area (Å²) in [6, 6.07) is 5.35. The second-order valence-electron chi connectivity index (χ2n) is 4.43. The van der Waals surface area contributed by atoms with E-state index in [-0.39, 0.29) is 5.75 Å². The molecule has 0 aliphatic heterocycles. The van der Waals surface area contributed by atoms with Gasteiger partial charge in [0.1, 0.15) is 5.75 Å². The van der Waals surface area contributed by atoms with Gasteiger partial charge in [0.15, 0.2) is 0 Å². The van der Waals surface area contributed by atoms with Crippen molar-refractivity contribution in [3.63, 3.8) is 0 Å². The summed E-state index contributed by atoms with van der Waals surface area (Å²) in [7, 11) is 0. The van der Waals surface area contributed by atoms with Crippen molar-refractivity contribution in [1.29, 1.82) is 0 Å². The summed E-state index contributed by atoms with van der Waals surface area (Å²) in [5, 5.41) is 22.3. The molecule has 0 aliphatic carbocycles. The van der Waals surface area contributed by atoms with Crippen molar-refractivity contribution in [3.05, 3.63) is 29.1 Å². The lowest BCUT2D eigenvalue weighted by atomic mass is 9.98. The molecule has 1 heterocycles. The van der Waals surface area contributed by atoms with E-state index in [0.29, 0.717) is 6.42 Å². The van der Waals surface area contributed by atoms with Gasteiger partial charge in [0.25, 0.3) is 0 Å². The Morgan fingerprint density at radius 1 is 1.33 bits per heavy atom. The van der Waals surface area contributed by atoms with Crippen LogP contribution in [0.2, 0.25) is 0 Å². The lowest BCUT2D eigenvalue weighted by Crippen LogP contribution is -2.21. The molecule has 0 aliphatic rings. The standard InChI is InChI=1S/C12H14O2S/c1-12(2,14)6-8-7-15-11-4-3-9(13)5-10(8)11/h3-5,7,13-14H,6H2,1-2H3. The fourth-order valence-electron chi connectivity index (χ4n) is 1.67. The van der Waals surface area contributed by atoms with E-state index in [1.807, 2.05) is 11.4 Å². The topological polar surface area (TPSA) is 40.5 Å². The van der Waals surface area contributed by atoms with E-state index in [4.69, 9.17) is 0 Å². The van der Waals surface area contributed by atoms with Crippen molar-refractivity contribution in [2.24, 2.45) is 0 Å². The Kier molecular flexibility index (Phi) is 2.44. The van der Waals surface area contributed by atoms with Gasteiger partial charge in [-0.1, -0.05) is 0 Å². The van der Waals surface area contributed by atoms with E-state index in [0.717, 1.165) is 15.6 Å². The van der Waals surface area contributed by atoms with Gasteiger partial charge >= 0.3 is 0 Å². The molecule has 0 radical (unpaired) electrons. The summed E-state index contributed by atoms with van der Waals surface area (Å²) in [5.74, 6) is 0.276. The summed E-state index contributed by atoms with van der Waals surface area (Å²) in [6.07, 6.45) is 0.608. The maximum Gasteiger partial charge on any atom is 0.116 e. The number of rotatable bonds is 2. The predicted molar refractivity (Wildman–Crippen MR) is 63.5 cm³/mol. The minimum atomic E-state index is -0.709. The molecule has 0 saturated heterocycles. The molecular formula is C12H14O2S. The first-order valence-electron chi connectivity index (χ1n) is 4.87. The van der Waals surface area contributed by atoms with Gasteiger partial charge in [-0.2, -0.15) is 0 Å². The molecule has 2 aromatic rings. The lowest BCUT2D eigenvalue weighted by molar-refractivity contribution is 0.0814. The van der Waals surface area contributed by atoms with Crippen molar-refractivity contribution in [1.82, 2.24) is 0 Å². The molecule has 2 rings (SSSR count). The summed E-state index contributed by atoms with van der Waals surface area (Å²) >= 11 is 1.64. The minimum absolute atomic E-state index is 0.276. The van der Waals surface area contributed by atoms with Crippen LogP contribution in [0.3, 0.4) is 0 Å². The molecule has 0 unspecified atom stereocenters. The van der Waals surface area contributed by atoms with Gasteiger partial charge in [0, 0.05) is 11.1 Å². The molecular weight excluding hydrogens is 208 g/mol. The zero-order valence-corrected chi connectivity index (χ0v) is 9.64. The van der Waals surface area contributed by atoms with E-state index < -0.39 is 5.60 Å². The van der Waals surface area contributed by atoms with Crippen LogP contribution in [-0.2, 0) is 6.42 Å². The van der Waals surface area contributed by atoms with Gasteiger partial charge in [-0.3, -0.25) is 0 Å². The number of fused-ring (bicyclic) bond motifs is 1. The molecule has 3 heteroatoms. The molecule has 0 atom stereocenters. The number of hydrogen-bond donors (Lipinski definition) is 2. The number of hydrogen-bond acceptors (Lipinski definition) is 3. The van der Waals surface area contributed by atoms with E-state index in [9.17, 15) is 10.2 Å². The third-order valence-electron chi connectivity index (χ3n) is 2.26. The number of benzene rings is 1. The molecule has 2 N–H and O–H groups in total. The number of aromatic hydroxyl groups is 1. The van der Waals surface area contributed by atoms with Gasteiger partial charge < -0.3 is 10.2 Å². The first-order valence-corrected chi connectivity index (χ1v) is 5.75. The zero-order chi connectivity index (χ0) is 11.1. The molecule has 0 fully saturated rings. The molecule has 0 spiro atoms. The van der Waals surface area contributed by atoms with Crippen molar-refractivity contribution in [2.45, 2.75) is 25.9 Å². The average Bonchev–Trinajstić information content (AvgIpc) is 2.46. The van der Waals surface area contributed by atoms with Crippen molar-refractivity contribution >= 4 is 21.4 Å². The predicted octanol–water partition coefficient (Wildman–Crippen LogP) is 2.92. The van der Waals surface area contributed by atoms with Gasteiger partial charge in [-0.15, -0.1) is 11.3 Å². The Morgan fingerprint density at radius 3 is 2.73 bits per heavy atom. The van der Waals surface area contributed by atoms with Gasteiger partial charge in [-0.25, -0.2) is 0 Å². The fraction of sp³-hybridized carbons (Fsp3) is 0.333. The molecule has 2 nitrogen and oxygen atoms in total. The Hall–Kier alpha value is -1.06. The lowest BCUT2D eigenvalue weighted by Gasteiger charge is -2.16. The molecule has 0 bridgehead atoms. The minimum Gasteiger partial charge on any atom is -0.508 e. The normalized spacial score (nSPS) is 12.2. The Morgan fingerprint density at radius 2 is 2.07 bits per heavy atom. The highest BCUT2D eigenvalue weighted by molar-refractivity contribution is 7.17. The number of phenols is 1. The van der Waals surface area contributed by atoms with Crippen LogP contribution in [0.5, 0.6) is 5.75 Å². The van der Waals surface area contributed by atoms with Crippen LogP contribution in [-0.4, -0.2) is 15.8 Å². The molecule has 0 saturated carbocycles. The Bertz CT molecular complexity index is 480. The van der Waals surface area contributed by atoms with Crippen LogP contribution >= 0.6 is 11.3 Å². The van der Waals surface area contributed by atoms with Crippen LogP contribution < -0.4 is 0 Å². The summed E-state index contributed by atoms with van der Waals surface area (Å²) in [4.78, 5) is 0. The maximum atomic E-state index is 9.76. The molecule has 15 heavy (non-hydrogen) atoms. The average molecular weight is 222 g/mol. The van der Waals surface area contributed by atoms with Gasteiger partial charge in [0.05, 0.1) is 5.60 Å². The third-order valence-corrected chi connectivity index (χ3v) is 3.27. The van der Waals surface area contributed by atoms with Crippen LogP contribution in [0.25, 0.3) is 10.1 Å². The van der Waals surface area contributed by atoms with Gasteiger partial charge in [0.2, 0.25) is 0 Å². The highest BCUT2D eigenvalue weighted by atomic mass is 32.1. The highest BCUT2D eigenvalue weighted by Gasteiger charge is 2.16. The van der Waals surface area contributed by atoms with E-state index >= 15 is 0 Å². The van der Waals surface area contributed by atoms with E-state index in [2.05, 4.69) is 0 Å². The Balaban J connectivity index is 2.48. The highest BCUT2D eigenvalue weighted by Crippen LogP contribution is 2.31. The fourth-order valence-corrected chi connectivity index (χ4v) is 2.62. The second kappa shape index (κ2) is 3.51. The van der Waals surface area contributed by atoms with Crippen molar-refractivity contribution < 1.29 is 10.2 Å². The van der Waals surface area contributed by atoms with Crippen molar-refractivity contribution in [3.8, 4) is 5.75 Å². The van der Waals surface area contributed by atoms with E-state index in [1.54, 1.807) is 37.3 Å². The molecule has 1 aromatic carbocycles. The van der Waals surface area contributed by atoms with Crippen molar-refractivity contribution in [2.75, 3.05) is 0 Å². The second-order valence-corrected chi connectivity index (χ2v) is 5.34. The molecule has 80 valence electrons. The van der Waals surface area contributed by atoms with Crippen LogP contribution in [0, 0.1) is 0 Å². The summed E-state index contributed by atoms with van der Waals surface area (Å²) in [6.45, 7) is 3.58. The summed E-state index contributed by atoms with van der Waals surface area (Å²) in [5.41, 5.74) is 0.387. The number of phenolic OH excluding ortho intramolecular Hbond substituents is 1. The first-order chi connectivity index (χ1) is 6.96. The van der Waals surface area contributed by atoms with E-state index in [1.165, 1.54) is 0 Å². The number of thiophene rings is 1. The SMILES string of the molecule is CC(C)(O)Cc1csc2ccc(O)cc12. The van der Waals surface area contributed by atoms with Crippen LogP contribution in [0.15, 0.2) is 23.6 Å². The largest absolute Gasteiger partial charge is 0.508 e. The smallest absolute Gasteiger partial charge is 0.116 e. The molecule has 1 aromatic heterocycles. The third kappa shape index (κ3) is 2.30. The van der Waals surface area contributed by atoms with Crippen LogP contribution in [0.1, 0.15) is 19.4 Å². The summed E-state index contributed by atoms with van der Waals surface area (Å²) < 4.78 is 1.15. The number of aliphatic hydroxyl groups is 1. The quantitative estimate of drug-likeness (QED) is 0.820. The Labute approximate surface area is 92.8 Å². The monoisotopic (exact) mass is 222 g/mol. The van der Waals surface area contributed by atoms with Gasteiger partial charge in [-0.05, 0) is 48.4 Å². The molecule has 0 amide bonds. The maximum absolute atomic E-state index is 9.76. The first kappa shape index (κ1) is 10.5.